The summed E-state index contributed by atoms with van der Waals surface area (Å²) in [7, 11) is 0.884. The van der Waals surface area contributed by atoms with Gasteiger partial charge in [-0.15, -0.1) is 15.8 Å². The Hall–Kier alpha value is 0.860. The minimum atomic E-state index is 0.442. The Morgan fingerprint density at radius 3 is 1.67 bits per heavy atom. The fourth-order valence-corrected chi connectivity index (χ4v) is 7.86. The molecule has 0 spiro atoms. The van der Waals surface area contributed by atoms with E-state index in [1.54, 1.807) is 44.4 Å². The molecule has 0 radical (unpaired) electrons. The zero-order valence-electron chi connectivity index (χ0n) is 10.4. The van der Waals surface area contributed by atoms with Crippen molar-refractivity contribution in [2.24, 2.45) is 0 Å². The van der Waals surface area contributed by atoms with Gasteiger partial charge in [0.25, 0.3) is 0 Å². The molecule has 0 aromatic rings. The lowest BCUT2D eigenvalue weighted by Crippen LogP contribution is -2.03. The molecule has 0 aliphatic carbocycles. The first kappa shape index (κ1) is 12.3. The molecular weight excluding hydrogens is 218 g/mol. The van der Waals surface area contributed by atoms with Crippen LogP contribution in [0.2, 0.25) is 0 Å². The lowest BCUT2D eigenvalue weighted by atomic mass is 10.1. The summed E-state index contributed by atoms with van der Waals surface area (Å²) in [6.07, 6.45) is 14.0. The second-order valence-electron chi connectivity index (χ2n) is 5.48. The van der Waals surface area contributed by atoms with Crippen LogP contribution in [0.15, 0.2) is 0 Å². The molecule has 15 heavy (non-hydrogen) atoms. The van der Waals surface area contributed by atoms with E-state index in [0.717, 1.165) is 11.3 Å². The van der Waals surface area contributed by atoms with Crippen molar-refractivity contribution in [3.8, 4) is 0 Å². The van der Waals surface area contributed by atoms with Crippen molar-refractivity contribution in [3.63, 3.8) is 0 Å². The van der Waals surface area contributed by atoms with Gasteiger partial charge in [-0.3, -0.25) is 0 Å². The van der Waals surface area contributed by atoms with Crippen molar-refractivity contribution in [1.29, 1.82) is 0 Å². The zero-order chi connectivity index (χ0) is 10.7. The van der Waals surface area contributed by atoms with Gasteiger partial charge in [-0.25, -0.2) is 0 Å². The smallest absolute Gasteiger partial charge is 0.0212 e. The first-order valence-electron chi connectivity index (χ1n) is 6.68. The molecule has 2 heteroatoms. The molecule has 2 saturated heterocycles. The maximum absolute atomic E-state index is 2.54. The molecule has 88 valence electrons. The molecule has 2 fully saturated rings. The van der Waals surface area contributed by atoms with Crippen LogP contribution < -0.4 is 0 Å². The van der Waals surface area contributed by atoms with Crippen molar-refractivity contribution < 1.29 is 0 Å². The van der Waals surface area contributed by atoms with Crippen molar-refractivity contribution >= 4 is 15.8 Å². The summed E-state index contributed by atoms with van der Waals surface area (Å²) >= 11 is 0. The molecule has 2 heterocycles. The summed E-state index contributed by atoms with van der Waals surface area (Å²) in [4.78, 5) is 0. The normalized spacial score (nSPS) is 41.2. The number of hydrogen-bond acceptors (Lipinski definition) is 0. The third kappa shape index (κ3) is 3.41. The van der Waals surface area contributed by atoms with E-state index < -0.39 is 0 Å². The van der Waals surface area contributed by atoms with Crippen molar-refractivity contribution in [2.45, 2.75) is 56.3 Å². The number of rotatable bonds is 4. The highest BCUT2D eigenvalue weighted by molar-refractivity contribution is 7.58. The third-order valence-electron chi connectivity index (χ3n) is 4.42. The van der Waals surface area contributed by atoms with Gasteiger partial charge in [0, 0.05) is 0 Å². The van der Waals surface area contributed by atoms with E-state index in [9.17, 15) is 0 Å². The Morgan fingerprint density at radius 2 is 1.33 bits per heavy atom. The quantitative estimate of drug-likeness (QED) is 0.628. The highest BCUT2D eigenvalue weighted by atomic mass is 31.1. The lowest BCUT2D eigenvalue weighted by Gasteiger charge is -2.19. The van der Waals surface area contributed by atoms with Crippen LogP contribution in [0.25, 0.3) is 0 Å². The van der Waals surface area contributed by atoms with Crippen molar-refractivity contribution in [3.05, 3.63) is 0 Å². The van der Waals surface area contributed by atoms with Crippen LogP contribution in [-0.2, 0) is 0 Å². The van der Waals surface area contributed by atoms with Gasteiger partial charge in [-0.1, -0.05) is 6.42 Å². The topological polar surface area (TPSA) is 0 Å². The summed E-state index contributed by atoms with van der Waals surface area (Å²) < 4.78 is 0. The summed E-state index contributed by atoms with van der Waals surface area (Å²) in [5.74, 6) is 0. The summed E-state index contributed by atoms with van der Waals surface area (Å²) in [5, 5.41) is 0. The van der Waals surface area contributed by atoms with Gasteiger partial charge < -0.3 is 0 Å². The van der Waals surface area contributed by atoms with Gasteiger partial charge in [0.1, 0.15) is 0 Å². The maximum Gasteiger partial charge on any atom is -0.0212 e. The minimum Gasteiger partial charge on any atom is -0.107 e. The molecule has 4 atom stereocenters. The zero-order valence-corrected chi connectivity index (χ0v) is 12.2. The molecule has 2 rings (SSSR count). The summed E-state index contributed by atoms with van der Waals surface area (Å²) in [5.41, 5.74) is 2.31. The molecule has 2 unspecified atom stereocenters. The molecule has 0 N–H and O–H groups in total. The first-order valence-corrected chi connectivity index (χ1v) is 10.8. The molecule has 0 aromatic heterocycles. The van der Waals surface area contributed by atoms with E-state index in [2.05, 4.69) is 13.3 Å². The molecule has 0 amide bonds. The first-order chi connectivity index (χ1) is 7.27. The van der Waals surface area contributed by atoms with Crippen LogP contribution >= 0.6 is 15.8 Å². The Morgan fingerprint density at radius 1 is 0.867 bits per heavy atom. The lowest BCUT2D eigenvalue weighted by molar-refractivity contribution is 0.607. The van der Waals surface area contributed by atoms with Crippen LogP contribution in [-0.4, -0.2) is 37.0 Å². The van der Waals surface area contributed by atoms with Crippen LogP contribution in [0.5, 0.6) is 0 Å². The van der Waals surface area contributed by atoms with Gasteiger partial charge in [-0.05, 0) is 75.5 Å². The average molecular weight is 244 g/mol. The van der Waals surface area contributed by atoms with Gasteiger partial charge in [0.2, 0.25) is 0 Å². The number of hydrogen-bond donors (Lipinski definition) is 0. The summed E-state index contributed by atoms with van der Waals surface area (Å²) in [6.45, 7) is 5.07. The van der Waals surface area contributed by atoms with E-state index in [4.69, 9.17) is 0 Å². The van der Waals surface area contributed by atoms with Gasteiger partial charge >= 0.3 is 0 Å². The largest absolute Gasteiger partial charge is 0.107 e. The van der Waals surface area contributed by atoms with Gasteiger partial charge in [0.05, 0.1) is 0 Å². The second kappa shape index (κ2) is 5.97. The highest BCUT2D eigenvalue weighted by Crippen LogP contribution is 2.51. The van der Waals surface area contributed by atoms with Crippen molar-refractivity contribution in [2.75, 3.05) is 25.7 Å². The van der Waals surface area contributed by atoms with Crippen LogP contribution in [0.3, 0.4) is 0 Å². The second-order valence-corrected chi connectivity index (χ2v) is 10.9. The Kier molecular flexibility index (Phi) is 4.91. The van der Waals surface area contributed by atoms with E-state index in [1.807, 2.05) is 0 Å². The molecular formula is C13H26P2. The highest BCUT2D eigenvalue weighted by Gasteiger charge is 2.25. The van der Waals surface area contributed by atoms with Crippen LogP contribution in [0.1, 0.15) is 44.9 Å². The molecule has 0 saturated carbocycles. The summed E-state index contributed by atoms with van der Waals surface area (Å²) in [6, 6.07) is 0. The SMILES string of the molecule is CP1CCC[C@@H]1CCC[C@H]1CCCP1C. The third-order valence-corrected chi connectivity index (χ3v) is 9.99. The van der Waals surface area contributed by atoms with Gasteiger partial charge in [-0.2, -0.15) is 0 Å². The molecule has 0 nitrogen and oxygen atoms in total. The van der Waals surface area contributed by atoms with E-state index >= 15 is 0 Å². The van der Waals surface area contributed by atoms with Crippen LogP contribution in [0.4, 0.5) is 0 Å². The molecule has 2 aliphatic rings. The predicted octanol–water partition coefficient (Wildman–Crippen LogP) is 4.70. The van der Waals surface area contributed by atoms with Crippen molar-refractivity contribution in [1.82, 2.24) is 0 Å². The molecule has 0 bridgehead atoms. The fraction of sp³-hybridized carbons (Fsp3) is 1.00. The van der Waals surface area contributed by atoms with Gasteiger partial charge in [0.15, 0.2) is 0 Å². The molecule has 0 aromatic carbocycles. The van der Waals surface area contributed by atoms with E-state index in [1.165, 1.54) is 12.8 Å². The fourth-order valence-electron chi connectivity index (χ4n) is 3.28. The minimum absolute atomic E-state index is 0.442. The Labute approximate surface area is 98.1 Å². The average Bonchev–Trinajstić information content (AvgIpc) is 2.78. The molecule has 2 aliphatic heterocycles. The Bertz CT molecular complexity index is 173. The standard InChI is InChI=1S/C13H26P2/c1-14-10-4-8-12(14)6-3-7-13-9-5-11-15(13)2/h12-13H,3-11H2,1-2H3/t12-,13-,14?,15?/m0/s1. The van der Waals surface area contributed by atoms with E-state index in [-0.39, 0.29) is 0 Å². The monoisotopic (exact) mass is 244 g/mol. The van der Waals surface area contributed by atoms with Crippen LogP contribution in [0, 0.1) is 0 Å². The maximum atomic E-state index is 2.54. The van der Waals surface area contributed by atoms with E-state index in [0.29, 0.717) is 15.8 Å². The predicted molar refractivity (Wildman–Crippen MR) is 75.3 cm³/mol. The Balaban J connectivity index is 1.62.